The summed E-state index contributed by atoms with van der Waals surface area (Å²) in [6, 6.07) is 0. The van der Waals surface area contributed by atoms with Crippen LogP contribution in [0.3, 0.4) is 0 Å². The van der Waals surface area contributed by atoms with Gasteiger partial charge in [0.25, 0.3) is 0 Å². The Bertz CT molecular complexity index is 219. The Morgan fingerprint density at radius 3 is 2.21 bits per heavy atom. The number of nitrogens with zero attached hydrogens (tertiary/aromatic N) is 2. The first-order valence-electron chi connectivity index (χ1n) is 7.59. The number of carbonyl (C=O) groups is 1. The van der Waals surface area contributed by atoms with Gasteiger partial charge < -0.3 is 21.3 Å². The second-order valence-corrected chi connectivity index (χ2v) is 4.80. The zero-order valence-corrected chi connectivity index (χ0v) is 12.7. The summed E-state index contributed by atoms with van der Waals surface area (Å²) in [7, 11) is 0. The Balaban J connectivity index is 0.000000344. The molecule has 114 valence electrons. The van der Waals surface area contributed by atoms with Crippen molar-refractivity contribution in [2.75, 3.05) is 45.8 Å². The highest BCUT2D eigenvalue weighted by atomic mass is 16.2. The fraction of sp³-hybridized carbons (Fsp3) is 0.929. The van der Waals surface area contributed by atoms with Crippen molar-refractivity contribution < 1.29 is 4.79 Å². The predicted octanol–water partition coefficient (Wildman–Crippen LogP) is 0.635. The van der Waals surface area contributed by atoms with Crippen molar-refractivity contribution in [1.82, 2.24) is 9.80 Å². The molecule has 19 heavy (non-hydrogen) atoms. The van der Waals surface area contributed by atoms with Crippen LogP contribution in [0.2, 0.25) is 0 Å². The lowest BCUT2D eigenvalue weighted by molar-refractivity contribution is -0.127. The minimum atomic E-state index is 0.299. The van der Waals surface area contributed by atoms with Gasteiger partial charge in [0, 0.05) is 19.5 Å². The van der Waals surface area contributed by atoms with Gasteiger partial charge in [-0.25, -0.2) is 0 Å². The number of carbonyl (C=O) groups excluding carboxylic acids is 1. The zero-order valence-electron chi connectivity index (χ0n) is 12.7. The van der Waals surface area contributed by atoms with Crippen LogP contribution in [0, 0.1) is 0 Å². The molecule has 0 aromatic heterocycles. The van der Waals surface area contributed by atoms with E-state index in [0.717, 1.165) is 65.0 Å². The summed E-state index contributed by atoms with van der Waals surface area (Å²) in [6.07, 6.45) is 3.83. The average molecular weight is 272 g/mol. The van der Waals surface area contributed by atoms with Gasteiger partial charge in [-0.1, -0.05) is 13.8 Å². The summed E-state index contributed by atoms with van der Waals surface area (Å²) in [5.41, 5.74) is 10.7. The number of nitrogens with two attached hydrogens (primary N) is 2. The predicted molar refractivity (Wildman–Crippen MR) is 80.9 cm³/mol. The number of hydrogen-bond acceptors (Lipinski definition) is 4. The van der Waals surface area contributed by atoms with Crippen molar-refractivity contribution in [3.63, 3.8) is 0 Å². The molecule has 5 nitrogen and oxygen atoms in total. The first kappa shape index (κ1) is 18.4. The SMILES string of the molecule is CCN(CC)CCCN.NCCCN1CCCC1=O. The summed E-state index contributed by atoms with van der Waals surface area (Å²) in [4.78, 5) is 15.2. The van der Waals surface area contributed by atoms with Gasteiger partial charge in [-0.3, -0.25) is 4.79 Å². The van der Waals surface area contributed by atoms with E-state index in [4.69, 9.17) is 11.5 Å². The molecular weight excluding hydrogens is 240 g/mol. The standard InChI is InChI=1S/C7H14N2O.C7H18N2/c8-4-2-6-9-5-1-3-7(9)10;1-3-9(4-2)7-5-6-8/h1-6,8H2;3-8H2,1-2H3. The quantitative estimate of drug-likeness (QED) is 0.680. The molecule has 1 amide bonds. The molecular formula is C14H32N4O. The lowest BCUT2D eigenvalue weighted by atomic mass is 10.4. The van der Waals surface area contributed by atoms with E-state index in [-0.39, 0.29) is 0 Å². The van der Waals surface area contributed by atoms with Crippen LogP contribution in [0.1, 0.15) is 39.5 Å². The smallest absolute Gasteiger partial charge is 0.222 e. The molecule has 0 atom stereocenters. The van der Waals surface area contributed by atoms with E-state index in [1.807, 2.05) is 4.90 Å². The maximum absolute atomic E-state index is 11.0. The van der Waals surface area contributed by atoms with Crippen LogP contribution < -0.4 is 11.5 Å². The highest BCUT2D eigenvalue weighted by molar-refractivity contribution is 5.77. The third-order valence-corrected chi connectivity index (χ3v) is 3.38. The molecule has 1 aliphatic heterocycles. The van der Waals surface area contributed by atoms with E-state index in [1.54, 1.807) is 0 Å². The molecule has 5 heteroatoms. The monoisotopic (exact) mass is 272 g/mol. The van der Waals surface area contributed by atoms with Gasteiger partial charge in [-0.2, -0.15) is 0 Å². The van der Waals surface area contributed by atoms with E-state index in [2.05, 4.69) is 18.7 Å². The van der Waals surface area contributed by atoms with Gasteiger partial charge in [-0.15, -0.1) is 0 Å². The molecule has 0 aliphatic carbocycles. The molecule has 1 heterocycles. The van der Waals surface area contributed by atoms with Crippen molar-refractivity contribution >= 4 is 5.91 Å². The van der Waals surface area contributed by atoms with Gasteiger partial charge in [0.2, 0.25) is 5.91 Å². The Hall–Kier alpha value is -0.650. The lowest BCUT2D eigenvalue weighted by Gasteiger charge is -2.16. The van der Waals surface area contributed by atoms with Crippen molar-refractivity contribution in [2.24, 2.45) is 11.5 Å². The first-order chi connectivity index (χ1) is 9.19. The Labute approximate surface area is 118 Å². The van der Waals surface area contributed by atoms with Crippen LogP contribution in [0.25, 0.3) is 0 Å². The van der Waals surface area contributed by atoms with E-state index >= 15 is 0 Å². The highest BCUT2D eigenvalue weighted by Gasteiger charge is 2.18. The second-order valence-electron chi connectivity index (χ2n) is 4.80. The minimum absolute atomic E-state index is 0.299. The van der Waals surface area contributed by atoms with E-state index in [1.165, 1.54) is 0 Å². The van der Waals surface area contributed by atoms with Crippen LogP contribution in [0.4, 0.5) is 0 Å². The summed E-state index contributed by atoms with van der Waals surface area (Å²) in [5.74, 6) is 0.299. The van der Waals surface area contributed by atoms with Gasteiger partial charge >= 0.3 is 0 Å². The summed E-state index contributed by atoms with van der Waals surface area (Å²) in [6.45, 7) is 11.1. The molecule has 1 aliphatic rings. The number of rotatable bonds is 8. The van der Waals surface area contributed by atoms with Gasteiger partial charge in [-0.05, 0) is 52.0 Å². The van der Waals surface area contributed by atoms with Crippen LogP contribution in [0.5, 0.6) is 0 Å². The van der Waals surface area contributed by atoms with Crippen molar-refractivity contribution in [3.05, 3.63) is 0 Å². The number of amides is 1. The van der Waals surface area contributed by atoms with Crippen molar-refractivity contribution in [2.45, 2.75) is 39.5 Å². The molecule has 1 fully saturated rings. The average Bonchev–Trinajstić information content (AvgIpc) is 2.84. The third-order valence-electron chi connectivity index (χ3n) is 3.38. The third kappa shape index (κ3) is 8.97. The van der Waals surface area contributed by atoms with Gasteiger partial charge in [0.05, 0.1) is 0 Å². The maximum Gasteiger partial charge on any atom is 0.222 e. The molecule has 0 saturated carbocycles. The van der Waals surface area contributed by atoms with Crippen LogP contribution >= 0.6 is 0 Å². The maximum atomic E-state index is 11.0. The normalized spacial score (nSPS) is 14.8. The molecule has 0 spiro atoms. The topological polar surface area (TPSA) is 75.6 Å². The molecule has 0 unspecified atom stereocenters. The Morgan fingerprint density at radius 2 is 1.79 bits per heavy atom. The molecule has 1 rings (SSSR count). The van der Waals surface area contributed by atoms with E-state index in [9.17, 15) is 4.79 Å². The van der Waals surface area contributed by atoms with Crippen LogP contribution in [-0.2, 0) is 4.79 Å². The molecule has 1 saturated heterocycles. The minimum Gasteiger partial charge on any atom is -0.343 e. The zero-order chi connectivity index (χ0) is 14.5. The second kappa shape index (κ2) is 12.4. The molecule has 0 bridgehead atoms. The molecule has 0 aromatic carbocycles. The fourth-order valence-electron chi connectivity index (χ4n) is 2.08. The van der Waals surface area contributed by atoms with E-state index in [0.29, 0.717) is 12.5 Å². The van der Waals surface area contributed by atoms with E-state index < -0.39 is 0 Å². The van der Waals surface area contributed by atoms with Gasteiger partial charge in [0.15, 0.2) is 0 Å². The number of likely N-dealkylation sites (tertiary alicyclic amines) is 1. The first-order valence-corrected chi connectivity index (χ1v) is 7.59. The molecule has 4 N–H and O–H groups in total. The van der Waals surface area contributed by atoms with Crippen LogP contribution in [0.15, 0.2) is 0 Å². The van der Waals surface area contributed by atoms with Crippen molar-refractivity contribution in [3.8, 4) is 0 Å². The summed E-state index contributed by atoms with van der Waals surface area (Å²) in [5, 5.41) is 0. The van der Waals surface area contributed by atoms with Crippen LogP contribution in [-0.4, -0.2) is 61.5 Å². The summed E-state index contributed by atoms with van der Waals surface area (Å²) < 4.78 is 0. The Kier molecular flexibility index (Phi) is 12.0. The largest absolute Gasteiger partial charge is 0.343 e. The fourth-order valence-corrected chi connectivity index (χ4v) is 2.08. The summed E-state index contributed by atoms with van der Waals surface area (Å²) >= 11 is 0. The highest BCUT2D eigenvalue weighted by Crippen LogP contribution is 2.08. The molecule has 0 radical (unpaired) electrons. The Morgan fingerprint density at radius 1 is 1.16 bits per heavy atom. The number of hydrogen-bond donors (Lipinski definition) is 2. The van der Waals surface area contributed by atoms with Crippen molar-refractivity contribution in [1.29, 1.82) is 0 Å². The lowest BCUT2D eigenvalue weighted by Crippen LogP contribution is -2.27. The molecule has 0 aromatic rings. The van der Waals surface area contributed by atoms with Gasteiger partial charge in [0.1, 0.15) is 0 Å².